The first-order chi connectivity index (χ1) is 8.11. The highest BCUT2D eigenvalue weighted by molar-refractivity contribution is 5.98. The fourth-order valence-corrected chi connectivity index (χ4v) is 1.53. The lowest BCUT2D eigenvalue weighted by Crippen LogP contribution is -2.52. The highest BCUT2D eigenvalue weighted by Gasteiger charge is 2.35. The van der Waals surface area contributed by atoms with Crippen LogP contribution in [0.1, 0.15) is 10.5 Å². The topological polar surface area (TPSA) is 132 Å². The van der Waals surface area contributed by atoms with Crippen LogP contribution in [0.15, 0.2) is 4.63 Å². The van der Waals surface area contributed by atoms with E-state index in [0.717, 1.165) is 4.90 Å². The van der Waals surface area contributed by atoms with E-state index in [1.165, 1.54) is 0 Å². The van der Waals surface area contributed by atoms with Gasteiger partial charge in [0, 0.05) is 6.54 Å². The van der Waals surface area contributed by atoms with Gasteiger partial charge < -0.3 is 20.5 Å². The smallest absolute Gasteiger partial charge is 0.328 e. The van der Waals surface area contributed by atoms with Crippen molar-refractivity contribution in [2.45, 2.75) is 6.04 Å². The molecular weight excluding hydrogens is 232 g/mol. The summed E-state index contributed by atoms with van der Waals surface area (Å²) in [4.78, 5) is 24.0. The number of nitrogens with two attached hydrogens (primary N) is 1. The second kappa shape index (κ2) is 4.37. The fourth-order valence-electron chi connectivity index (χ4n) is 1.53. The average molecular weight is 242 g/mol. The Morgan fingerprint density at radius 1 is 1.47 bits per heavy atom. The average Bonchev–Trinajstić information content (AvgIpc) is 2.74. The minimum absolute atomic E-state index is 0.0632. The van der Waals surface area contributed by atoms with Crippen molar-refractivity contribution in [3.05, 3.63) is 5.69 Å². The number of ether oxygens (including phenoxy) is 1. The summed E-state index contributed by atoms with van der Waals surface area (Å²) in [5.41, 5.74) is 5.19. The molecule has 2 rings (SSSR count). The predicted molar refractivity (Wildman–Crippen MR) is 52.0 cm³/mol. The molecule has 17 heavy (non-hydrogen) atoms. The first kappa shape index (κ1) is 11.3. The van der Waals surface area contributed by atoms with Gasteiger partial charge in [0.05, 0.1) is 13.2 Å². The minimum atomic E-state index is -1.15. The number of anilines is 1. The van der Waals surface area contributed by atoms with Crippen molar-refractivity contribution in [1.29, 1.82) is 0 Å². The number of aliphatic carboxylic acids is 1. The molecule has 1 amide bonds. The number of aromatic nitrogens is 2. The van der Waals surface area contributed by atoms with Crippen molar-refractivity contribution in [3.63, 3.8) is 0 Å². The molecular formula is C8H10N4O5. The summed E-state index contributed by atoms with van der Waals surface area (Å²) < 4.78 is 9.31. The van der Waals surface area contributed by atoms with Crippen LogP contribution in [0.25, 0.3) is 0 Å². The number of nitrogens with zero attached hydrogens (tertiary/aromatic N) is 3. The number of carbonyl (C=O) groups excluding carboxylic acids is 1. The Balaban J connectivity index is 2.23. The van der Waals surface area contributed by atoms with E-state index in [-0.39, 0.29) is 31.3 Å². The highest BCUT2D eigenvalue weighted by Crippen LogP contribution is 2.14. The van der Waals surface area contributed by atoms with Crippen LogP contribution < -0.4 is 5.73 Å². The fraction of sp³-hybridized carbons (Fsp3) is 0.500. The van der Waals surface area contributed by atoms with Gasteiger partial charge in [-0.25, -0.2) is 9.42 Å². The van der Waals surface area contributed by atoms with Gasteiger partial charge in [-0.05, 0) is 10.3 Å². The van der Waals surface area contributed by atoms with Crippen molar-refractivity contribution >= 4 is 17.7 Å². The van der Waals surface area contributed by atoms with Gasteiger partial charge in [-0.3, -0.25) is 4.79 Å². The highest BCUT2D eigenvalue weighted by atomic mass is 16.6. The van der Waals surface area contributed by atoms with Crippen molar-refractivity contribution in [2.24, 2.45) is 0 Å². The molecule has 0 aromatic carbocycles. The van der Waals surface area contributed by atoms with Crippen molar-refractivity contribution in [1.82, 2.24) is 15.2 Å². The number of amides is 1. The number of rotatable bonds is 2. The van der Waals surface area contributed by atoms with Crippen LogP contribution in [0.4, 0.5) is 5.82 Å². The zero-order valence-corrected chi connectivity index (χ0v) is 8.70. The van der Waals surface area contributed by atoms with Gasteiger partial charge in [-0.2, -0.15) is 0 Å². The van der Waals surface area contributed by atoms with Gasteiger partial charge in [0.2, 0.25) is 11.5 Å². The Morgan fingerprint density at radius 2 is 2.24 bits per heavy atom. The van der Waals surface area contributed by atoms with Crippen LogP contribution >= 0.6 is 0 Å². The normalized spacial score (nSPS) is 20.2. The molecule has 0 saturated carbocycles. The first-order valence-corrected chi connectivity index (χ1v) is 4.81. The van der Waals surface area contributed by atoms with Gasteiger partial charge in [0.1, 0.15) is 0 Å². The summed E-state index contributed by atoms with van der Waals surface area (Å²) in [6, 6.07) is -1.05. The Morgan fingerprint density at radius 3 is 2.82 bits per heavy atom. The monoisotopic (exact) mass is 242 g/mol. The molecule has 0 radical (unpaired) electrons. The molecule has 1 saturated heterocycles. The summed E-state index contributed by atoms with van der Waals surface area (Å²) >= 11 is 0. The largest absolute Gasteiger partial charge is 0.480 e. The van der Waals surface area contributed by atoms with E-state index in [2.05, 4.69) is 14.9 Å². The van der Waals surface area contributed by atoms with Crippen LogP contribution in [0.2, 0.25) is 0 Å². The zero-order valence-electron chi connectivity index (χ0n) is 8.70. The van der Waals surface area contributed by atoms with E-state index in [4.69, 9.17) is 15.6 Å². The number of hydrogen-bond acceptors (Lipinski definition) is 7. The number of carboxylic acids is 1. The standard InChI is InChI=1S/C8H10N4O5/c9-6-5(10-17-11-6)7(13)12-1-2-16-3-4(12)8(14)15/h4H,1-3H2,(H2,9,11)(H,14,15). The van der Waals surface area contributed by atoms with E-state index in [0.29, 0.717) is 0 Å². The van der Waals surface area contributed by atoms with E-state index in [9.17, 15) is 9.59 Å². The summed E-state index contributed by atoms with van der Waals surface area (Å²) in [5.74, 6) is -1.93. The van der Waals surface area contributed by atoms with Crippen molar-refractivity contribution < 1.29 is 24.1 Å². The number of nitrogen functional groups attached to an aromatic ring is 1. The van der Waals surface area contributed by atoms with E-state index < -0.39 is 17.9 Å². The third-order valence-corrected chi connectivity index (χ3v) is 2.39. The van der Waals surface area contributed by atoms with Gasteiger partial charge >= 0.3 is 5.97 Å². The SMILES string of the molecule is Nc1nonc1C(=O)N1CCOCC1C(=O)O. The van der Waals surface area contributed by atoms with Gasteiger partial charge in [-0.15, -0.1) is 0 Å². The molecule has 92 valence electrons. The molecule has 9 nitrogen and oxygen atoms in total. The second-order valence-corrected chi connectivity index (χ2v) is 3.43. The number of hydrogen-bond donors (Lipinski definition) is 2. The minimum Gasteiger partial charge on any atom is -0.480 e. The van der Waals surface area contributed by atoms with Crippen LogP contribution in [0, 0.1) is 0 Å². The van der Waals surface area contributed by atoms with Crippen LogP contribution in [-0.2, 0) is 9.53 Å². The van der Waals surface area contributed by atoms with Gasteiger partial charge in [0.25, 0.3) is 5.91 Å². The Kier molecular flexibility index (Phi) is 2.91. The summed E-state index contributed by atoms with van der Waals surface area (Å²) in [5, 5.41) is 15.6. The molecule has 0 bridgehead atoms. The predicted octanol–water partition coefficient (Wildman–Crippen LogP) is -1.42. The lowest BCUT2D eigenvalue weighted by Gasteiger charge is -2.32. The first-order valence-electron chi connectivity index (χ1n) is 4.81. The van der Waals surface area contributed by atoms with E-state index >= 15 is 0 Å². The summed E-state index contributed by atoms with van der Waals surface area (Å²) in [6.45, 7) is 0.356. The van der Waals surface area contributed by atoms with Gasteiger partial charge in [-0.1, -0.05) is 0 Å². The molecule has 1 aliphatic heterocycles. The molecule has 1 unspecified atom stereocenters. The second-order valence-electron chi connectivity index (χ2n) is 3.43. The van der Waals surface area contributed by atoms with Crippen molar-refractivity contribution in [3.8, 4) is 0 Å². The molecule has 1 atom stereocenters. The molecule has 3 N–H and O–H groups in total. The Labute approximate surface area is 95.1 Å². The molecule has 9 heteroatoms. The summed E-state index contributed by atoms with van der Waals surface area (Å²) in [7, 11) is 0. The Hall–Kier alpha value is -2.16. The number of morpholine rings is 1. The molecule has 1 aromatic heterocycles. The lowest BCUT2D eigenvalue weighted by atomic mass is 10.2. The maximum atomic E-state index is 12.0. The van der Waals surface area contributed by atoms with Crippen molar-refractivity contribution in [2.75, 3.05) is 25.5 Å². The van der Waals surface area contributed by atoms with Gasteiger partial charge in [0.15, 0.2) is 6.04 Å². The number of carbonyl (C=O) groups is 2. The van der Waals surface area contributed by atoms with E-state index in [1.54, 1.807) is 0 Å². The van der Waals surface area contributed by atoms with E-state index in [1.807, 2.05) is 0 Å². The summed E-state index contributed by atoms with van der Waals surface area (Å²) in [6.07, 6.45) is 0. The number of carboxylic acid groups (broad SMARTS) is 1. The third-order valence-electron chi connectivity index (χ3n) is 2.39. The third kappa shape index (κ3) is 2.04. The Bertz CT molecular complexity index is 445. The molecule has 1 aliphatic rings. The van der Waals surface area contributed by atoms with Crippen LogP contribution in [0.5, 0.6) is 0 Å². The molecule has 1 fully saturated rings. The maximum absolute atomic E-state index is 12.0. The van der Waals surface area contributed by atoms with Crippen LogP contribution in [-0.4, -0.2) is 58.0 Å². The van der Waals surface area contributed by atoms with Crippen LogP contribution in [0.3, 0.4) is 0 Å². The molecule has 1 aromatic rings. The molecule has 0 aliphatic carbocycles. The lowest BCUT2D eigenvalue weighted by molar-refractivity contribution is -0.147. The molecule has 2 heterocycles. The maximum Gasteiger partial charge on any atom is 0.328 e. The molecule has 0 spiro atoms. The zero-order chi connectivity index (χ0) is 12.4. The quantitative estimate of drug-likeness (QED) is 0.645.